The van der Waals surface area contributed by atoms with Crippen LogP contribution in [0.4, 0.5) is 14.4 Å². The van der Waals surface area contributed by atoms with E-state index in [2.05, 4.69) is 31.4 Å². The van der Waals surface area contributed by atoms with E-state index in [1.807, 2.05) is 0 Å². The van der Waals surface area contributed by atoms with Gasteiger partial charge in [-0.05, 0) is 193 Å². The molecule has 9 saturated carbocycles. The Kier molecular flexibility index (Phi) is 35.6. The second-order valence-electron chi connectivity index (χ2n) is 32.3. The number of urea groups is 3. The van der Waals surface area contributed by atoms with Crippen LogP contribution in [0, 0.1) is 0 Å². The van der Waals surface area contributed by atoms with E-state index in [0.717, 1.165) is 287 Å². The Bertz CT molecular complexity index is 2790. The fraction of sp³-hybridized carbons (Fsp3) is 0.852. The van der Waals surface area contributed by atoms with Crippen molar-refractivity contribution in [3.05, 3.63) is 31.5 Å². The van der Waals surface area contributed by atoms with Crippen LogP contribution in [0.1, 0.15) is 366 Å². The molecule has 1 aromatic heterocycles. The quantitative estimate of drug-likeness (QED) is 0.0286. The Morgan fingerprint density at radius 2 is 0.514 bits per heavy atom. The molecule has 0 unspecified atom stereocenters. The molecule has 10 rings (SSSR count). The predicted molar refractivity (Wildman–Crippen MR) is 419 cm³/mol. The Hall–Kier alpha value is -6.36. The average Bonchev–Trinajstić information content (AvgIpc) is 0.782. The number of aromatic nitrogens is 3. The summed E-state index contributed by atoms with van der Waals surface area (Å²) < 4.78 is 3.76. The number of nitrogens with one attached hydrogen (secondary N) is 3. The molecule has 9 fully saturated rings. The molecule has 588 valence electrons. The molecule has 1 aromatic rings. The van der Waals surface area contributed by atoms with Gasteiger partial charge >= 0.3 is 53.2 Å². The second kappa shape index (κ2) is 46.1. The Labute approximate surface area is 627 Å². The van der Waals surface area contributed by atoms with Gasteiger partial charge in [0.15, 0.2) is 0 Å². The molecule has 9 aliphatic rings. The summed E-state index contributed by atoms with van der Waals surface area (Å²) in [6.07, 6.45) is 55.1. The second-order valence-corrected chi connectivity index (χ2v) is 32.3. The van der Waals surface area contributed by atoms with E-state index >= 15 is 0 Å². The number of rotatable bonds is 30. The van der Waals surface area contributed by atoms with Crippen molar-refractivity contribution in [1.82, 2.24) is 44.4 Å². The SMILES string of the molecule is O=C(NCCCCCCn1c(=O)n(CCCCCCNC(=O)N(C(=NC2CCCCC2)ON=C2CCCCC2)C2CCCCC2)c(=O)n(CCCCCCNC(=O)N(C(=NC2CCCCC2)ON=C2CCCCC2)C2CCCCC2)c1=O)N(C(=NC1CCCCC1)ON=C1CCCCC1)C1CCCCC1. The highest BCUT2D eigenvalue weighted by Crippen LogP contribution is 2.31. The summed E-state index contributed by atoms with van der Waals surface area (Å²) >= 11 is 0. The number of unbranched alkanes of at least 4 members (excludes halogenated alkanes) is 9. The number of nitrogens with zero attached hydrogens (tertiary/aromatic N) is 12. The molecule has 9 aliphatic carbocycles. The van der Waals surface area contributed by atoms with Crippen LogP contribution in [-0.4, -0.2) is 138 Å². The standard InChI is InChI=1S/C81H135N15O9/c97-73(94(70-52-28-13-29-53-70)76(85-64-40-16-7-17-41-64)103-88-67-46-22-10-23-47-67)82-58-34-1-4-37-61-91-79(100)92(62-38-5-2-35-59-83-74(98)95(71-54-30-14-31-55-71)77(86-65-42-18-8-19-43-65)104-89-68-48-24-11-25-49-68)81(102)93(80(91)101)63-39-6-3-36-60-84-75(99)96(72-56-32-15-33-57-72)78(87-66-44-20-9-21-45-66)105-90-69-50-26-12-27-51-69/h64-66,70-72H,1-63H2,(H,82,97)(H,83,98)(H,84,99). The van der Waals surface area contributed by atoms with Crippen molar-refractivity contribution in [2.45, 2.75) is 422 Å². The molecular formula is C81H135N15O9. The molecule has 0 spiro atoms. The summed E-state index contributed by atoms with van der Waals surface area (Å²) in [5.41, 5.74) is 1.35. The van der Waals surface area contributed by atoms with Gasteiger partial charge in [0.2, 0.25) is 0 Å². The third-order valence-corrected chi connectivity index (χ3v) is 23.9. The highest BCUT2D eigenvalue weighted by Gasteiger charge is 2.36. The minimum absolute atomic E-state index is 0.0157. The fourth-order valence-corrected chi connectivity index (χ4v) is 17.5. The van der Waals surface area contributed by atoms with Crippen LogP contribution < -0.4 is 33.0 Å². The number of hydrogen-bond donors (Lipinski definition) is 3. The van der Waals surface area contributed by atoms with E-state index in [-0.39, 0.29) is 74.0 Å². The number of amidine groups is 3. The van der Waals surface area contributed by atoms with Crippen LogP contribution in [0.15, 0.2) is 44.8 Å². The van der Waals surface area contributed by atoms with Gasteiger partial charge in [-0.2, -0.15) is 0 Å². The largest absolute Gasteiger partial charge is 0.338 e. The molecule has 24 heteroatoms. The molecule has 6 amide bonds. The van der Waals surface area contributed by atoms with Gasteiger partial charge in [0.1, 0.15) is 0 Å². The van der Waals surface area contributed by atoms with Gasteiger partial charge in [-0.1, -0.05) is 189 Å². The third kappa shape index (κ3) is 26.8. The number of carbonyl (C=O) groups excluding carboxylic acids is 3. The molecule has 0 saturated heterocycles. The Morgan fingerprint density at radius 3 is 0.762 bits per heavy atom. The summed E-state index contributed by atoms with van der Waals surface area (Å²) in [6, 6.07) is 0.677. The van der Waals surface area contributed by atoms with Crippen molar-refractivity contribution in [3.63, 3.8) is 0 Å². The predicted octanol–water partition coefficient (Wildman–Crippen LogP) is 17.0. The van der Waals surface area contributed by atoms with Crippen molar-refractivity contribution in [2.24, 2.45) is 30.4 Å². The molecule has 1 heterocycles. The van der Waals surface area contributed by atoms with Gasteiger partial charge in [0.25, 0.3) is 0 Å². The smallest absolute Gasteiger partial charge is 0.336 e. The van der Waals surface area contributed by atoms with Gasteiger partial charge in [-0.15, -0.1) is 0 Å². The van der Waals surface area contributed by atoms with Gasteiger partial charge in [-0.25, -0.2) is 72.1 Å². The lowest BCUT2D eigenvalue weighted by Crippen LogP contribution is -2.54. The molecule has 0 atom stereocenters. The van der Waals surface area contributed by atoms with Crippen LogP contribution in [0.25, 0.3) is 0 Å². The highest BCUT2D eigenvalue weighted by atomic mass is 16.7. The minimum Gasteiger partial charge on any atom is -0.338 e. The van der Waals surface area contributed by atoms with E-state index in [1.165, 1.54) is 52.2 Å². The highest BCUT2D eigenvalue weighted by molar-refractivity contribution is 5.96. The van der Waals surface area contributed by atoms with Crippen molar-refractivity contribution in [2.75, 3.05) is 19.6 Å². The first-order chi connectivity index (χ1) is 51.7. The van der Waals surface area contributed by atoms with Gasteiger partial charge in [0.05, 0.1) is 35.3 Å². The minimum atomic E-state index is -0.591. The molecule has 105 heavy (non-hydrogen) atoms. The van der Waals surface area contributed by atoms with Crippen LogP contribution in [-0.2, 0) is 34.1 Å². The lowest BCUT2D eigenvalue weighted by molar-refractivity contribution is 0.164. The summed E-state index contributed by atoms with van der Waals surface area (Å²) in [4.78, 5) is 126. The van der Waals surface area contributed by atoms with Crippen molar-refractivity contribution in [3.8, 4) is 0 Å². The van der Waals surface area contributed by atoms with E-state index < -0.39 is 17.1 Å². The van der Waals surface area contributed by atoms with E-state index in [1.54, 1.807) is 14.7 Å². The molecule has 3 N–H and O–H groups in total. The van der Waals surface area contributed by atoms with Crippen molar-refractivity contribution < 1.29 is 28.9 Å². The third-order valence-electron chi connectivity index (χ3n) is 23.9. The summed E-state index contributed by atoms with van der Waals surface area (Å²) in [5, 5.41) is 23.6. The average molecular weight is 1460 g/mol. The number of amides is 6. The molecule has 24 nitrogen and oxygen atoms in total. The van der Waals surface area contributed by atoms with Gasteiger partial charge in [-0.3, -0.25) is 0 Å². The fourth-order valence-electron chi connectivity index (χ4n) is 17.5. The first kappa shape index (κ1) is 81.2. The van der Waals surface area contributed by atoms with Crippen LogP contribution in [0.5, 0.6) is 0 Å². The Balaban J connectivity index is 0.757. The summed E-state index contributed by atoms with van der Waals surface area (Å²) in [5.74, 6) is 0. The number of hydrogen-bond acceptors (Lipinski definition) is 15. The zero-order valence-corrected chi connectivity index (χ0v) is 64.6. The number of aliphatic imine (C=N–C) groups is 3. The number of carbonyl (C=O) groups is 3. The molecule has 0 bridgehead atoms. The lowest BCUT2D eigenvalue weighted by atomic mass is 9.94. The normalized spacial score (nSPS) is 20.8. The van der Waals surface area contributed by atoms with Gasteiger partial charge in [0, 0.05) is 57.4 Å². The molecule has 0 radical (unpaired) electrons. The first-order valence-corrected chi connectivity index (χ1v) is 43.2. The maximum Gasteiger partial charge on any atom is 0.336 e. The summed E-state index contributed by atoms with van der Waals surface area (Å²) in [6.45, 7) is 1.82. The first-order valence-electron chi connectivity index (χ1n) is 43.2. The lowest BCUT2D eigenvalue weighted by Gasteiger charge is -2.34. The molecular weight excluding hydrogens is 1330 g/mol. The molecule has 0 aromatic carbocycles. The maximum absolute atomic E-state index is 14.5. The van der Waals surface area contributed by atoms with E-state index in [4.69, 9.17) is 29.5 Å². The zero-order valence-electron chi connectivity index (χ0n) is 64.6. The van der Waals surface area contributed by atoms with Crippen molar-refractivity contribution in [1.29, 1.82) is 0 Å². The summed E-state index contributed by atoms with van der Waals surface area (Å²) in [7, 11) is 0. The van der Waals surface area contributed by atoms with Crippen LogP contribution in [0.2, 0.25) is 0 Å². The topological polar surface area (TPSA) is 265 Å². The van der Waals surface area contributed by atoms with Crippen molar-refractivity contribution >= 4 is 53.3 Å². The zero-order chi connectivity index (χ0) is 72.9. The van der Waals surface area contributed by atoms with Crippen LogP contribution in [0.3, 0.4) is 0 Å². The molecule has 0 aliphatic heterocycles. The van der Waals surface area contributed by atoms with E-state index in [9.17, 15) is 28.8 Å². The number of oxime groups is 3. The maximum atomic E-state index is 14.5. The van der Waals surface area contributed by atoms with Gasteiger partial charge < -0.3 is 30.5 Å². The van der Waals surface area contributed by atoms with Crippen LogP contribution >= 0.6 is 0 Å². The monoisotopic (exact) mass is 1460 g/mol. The van der Waals surface area contributed by atoms with E-state index in [0.29, 0.717) is 95.5 Å². The Morgan fingerprint density at radius 1 is 0.295 bits per heavy atom.